The van der Waals surface area contributed by atoms with Crippen LogP contribution < -0.4 is 5.73 Å². The molecule has 1 unspecified atom stereocenters. The lowest BCUT2D eigenvalue weighted by Crippen LogP contribution is -2.40. The van der Waals surface area contributed by atoms with Gasteiger partial charge in [0.05, 0.1) is 0 Å². The van der Waals surface area contributed by atoms with E-state index in [1.807, 2.05) is 12.4 Å². The quantitative estimate of drug-likeness (QED) is 0.839. The lowest BCUT2D eigenvalue weighted by Gasteiger charge is -2.35. The van der Waals surface area contributed by atoms with E-state index in [9.17, 15) is 0 Å². The van der Waals surface area contributed by atoms with Crippen molar-refractivity contribution in [2.24, 2.45) is 5.73 Å². The molecule has 1 aliphatic rings. The molecule has 1 fully saturated rings. The van der Waals surface area contributed by atoms with E-state index in [0.717, 1.165) is 19.5 Å². The molecule has 1 saturated heterocycles. The fourth-order valence-electron chi connectivity index (χ4n) is 2.51. The third-order valence-electron chi connectivity index (χ3n) is 3.38. The lowest BCUT2D eigenvalue weighted by atomic mass is 9.99. The van der Waals surface area contributed by atoms with Crippen molar-refractivity contribution in [1.29, 1.82) is 0 Å². The third kappa shape index (κ3) is 3.03. The van der Waals surface area contributed by atoms with E-state index in [1.165, 1.54) is 31.4 Å². The smallest absolute Gasteiger partial charge is 0.0271 e. The van der Waals surface area contributed by atoms with Crippen molar-refractivity contribution in [2.75, 3.05) is 13.1 Å². The number of nitrogens with zero attached hydrogens (tertiary/aromatic N) is 2. The maximum atomic E-state index is 5.68. The Morgan fingerprint density at radius 1 is 1.31 bits per heavy atom. The molecule has 0 aliphatic carbocycles. The highest BCUT2D eigenvalue weighted by Gasteiger charge is 2.21. The molecule has 1 aromatic heterocycles. The minimum atomic E-state index is 0.687. The van der Waals surface area contributed by atoms with Crippen LogP contribution in [-0.2, 0) is 6.54 Å². The van der Waals surface area contributed by atoms with E-state index in [-0.39, 0.29) is 0 Å². The number of hydrogen-bond donors (Lipinski definition) is 1. The maximum absolute atomic E-state index is 5.68. The third-order valence-corrected chi connectivity index (χ3v) is 3.38. The Hall–Kier alpha value is -0.930. The second-order valence-electron chi connectivity index (χ2n) is 4.55. The van der Waals surface area contributed by atoms with Crippen molar-refractivity contribution >= 4 is 0 Å². The number of nitrogens with two attached hydrogens (primary N) is 1. The van der Waals surface area contributed by atoms with Gasteiger partial charge in [-0.3, -0.25) is 9.88 Å². The van der Waals surface area contributed by atoms with Crippen LogP contribution in [0.25, 0.3) is 0 Å². The van der Waals surface area contributed by atoms with Gasteiger partial charge in [0.1, 0.15) is 0 Å². The van der Waals surface area contributed by atoms with Crippen molar-refractivity contribution in [3.8, 4) is 0 Å². The lowest BCUT2D eigenvalue weighted by molar-refractivity contribution is 0.134. The summed E-state index contributed by atoms with van der Waals surface area (Å²) in [6.07, 6.45) is 8.87. The predicted molar refractivity (Wildman–Crippen MR) is 66.0 cm³/mol. The fourth-order valence-corrected chi connectivity index (χ4v) is 2.51. The predicted octanol–water partition coefficient (Wildman–Crippen LogP) is 1.78. The van der Waals surface area contributed by atoms with Gasteiger partial charge in [-0.15, -0.1) is 0 Å². The van der Waals surface area contributed by atoms with E-state index in [4.69, 9.17) is 5.73 Å². The Balaban J connectivity index is 1.96. The van der Waals surface area contributed by atoms with Gasteiger partial charge in [-0.1, -0.05) is 6.42 Å². The van der Waals surface area contributed by atoms with Gasteiger partial charge in [-0.2, -0.15) is 0 Å². The van der Waals surface area contributed by atoms with Gasteiger partial charge in [-0.05, 0) is 50.0 Å². The van der Waals surface area contributed by atoms with Crippen molar-refractivity contribution in [1.82, 2.24) is 9.88 Å². The maximum Gasteiger partial charge on any atom is 0.0271 e. The molecule has 3 nitrogen and oxygen atoms in total. The summed E-state index contributed by atoms with van der Waals surface area (Å²) in [5.41, 5.74) is 7.04. The standard InChI is InChI=1S/C13H21N3/c14-7-4-13-3-1-2-10-16(13)11-12-5-8-15-9-6-12/h5-6,8-9,13H,1-4,7,10-11,14H2. The number of piperidine rings is 1. The molecule has 0 spiro atoms. The molecule has 1 aliphatic heterocycles. The number of hydrogen-bond acceptors (Lipinski definition) is 3. The Bertz CT molecular complexity index is 297. The molecule has 1 aromatic rings. The van der Waals surface area contributed by atoms with Crippen LogP contribution in [-0.4, -0.2) is 29.0 Å². The Morgan fingerprint density at radius 3 is 2.88 bits per heavy atom. The van der Waals surface area contributed by atoms with Gasteiger partial charge in [0.25, 0.3) is 0 Å². The van der Waals surface area contributed by atoms with Crippen molar-refractivity contribution in [3.63, 3.8) is 0 Å². The zero-order chi connectivity index (χ0) is 11.2. The minimum Gasteiger partial charge on any atom is -0.330 e. The van der Waals surface area contributed by atoms with E-state index in [1.54, 1.807) is 0 Å². The van der Waals surface area contributed by atoms with Crippen LogP contribution in [0, 0.1) is 0 Å². The molecular formula is C13H21N3. The molecule has 0 bridgehead atoms. The van der Waals surface area contributed by atoms with E-state index < -0.39 is 0 Å². The molecular weight excluding hydrogens is 198 g/mol. The summed E-state index contributed by atoms with van der Waals surface area (Å²) >= 11 is 0. The average Bonchev–Trinajstić information content (AvgIpc) is 2.33. The average molecular weight is 219 g/mol. The molecule has 3 heteroatoms. The van der Waals surface area contributed by atoms with E-state index in [2.05, 4.69) is 22.0 Å². The van der Waals surface area contributed by atoms with Crippen LogP contribution in [0.5, 0.6) is 0 Å². The number of aromatic nitrogens is 1. The van der Waals surface area contributed by atoms with Crippen LogP contribution in [0.4, 0.5) is 0 Å². The van der Waals surface area contributed by atoms with Crippen molar-refractivity contribution in [3.05, 3.63) is 30.1 Å². The van der Waals surface area contributed by atoms with E-state index >= 15 is 0 Å². The fraction of sp³-hybridized carbons (Fsp3) is 0.615. The first-order chi connectivity index (χ1) is 7.90. The van der Waals surface area contributed by atoms with Crippen LogP contribution in [0.2, 0.25) is 0 Å². The summed E-state index contributed by atoms with van der Waals surface area (Å²) in [4.78, 5) is 6.63. The molecule has 0 radical (unpaired) electrons. The van der Waals surface area contributed by atoms with Crippen LogP contribution in [0.1, 0.15) is 31.2 Å². The van der Waals surface area contributed by atoms with E-state index in [0.29, 0.717) is 6.04 Å². The summed E-state index contributed by atoms with van der Waals surface area (Å²) in [6.45, 7) is 3.07. The Morgan fingerprint density at radius 2 is 2.12 bits per heavy atom. The second-order valence-corrected chi connectivity index (χ2v) is 4.55. The molecule has 0 aromatic carbocycles. The highest BCUT2D eigenvalue weighted by Crippen LogP contribution is 2.21. The molecule has 0 saturated carbocycles. The minimum absolute atomic E-state index is 0.687. The summed E-state index contributed by atoms with van der Waals surface area (Å²) in [5, 5.41) is 0. The van der Waals surface area contributed by atoms with Gasteiger partial charge in [0, 0.05) is 25.0 Å². The van der Waals surface area contributed by atoms with Gasteiger partial charge < -0.3 is 5.73 Å². The zero-order valence-corrected chi connectivity index (χ0v) is 9.81. The number of rotatable bonds is 4. The van der Waals surface area contributed by atoms with Gasteiger partial charge in [-0.25, -0.2) is 0 Å². The van der Waals surface area contributed by atoms with Gasteiger partial charge >= 0.3 is 0 Å². The topological polar surface area (TPSA) is 42.1 Å². The van der Waals surface area contributed by atoms with Gasteiger partial charge in [0.2, 0.25) is 0 Å². The SMILES string of the molecule is NCCC1CCCCN1Cc1ccncc1. The monoisotopic (exact) mass is 219 g/mol. The molecule has 2 heterocycles. The highest BCUT2D eigenvalue weighted by molar-refractivity contribution is 5.09. The first-order valence-electron chi connectivity index (χ1n) is 6.23. The van der Waals surface area contributed by atoms with Crippen LogP contribution in [0.15, 0.2) is 24.5 Å². The van der Waals surface area contributed by atoms with Crippen LogP contribution in [0.3, 0.4) is 0 Å². The van der Waals surface area contributed by atoms with Crippen molar-refractivity contribution < 1.29 is 0 Å². The van der Waals surface area contributed by atoms with Crippen molar-refractivity contribution in [2.45, 2.75) is 38.3 Å². The zero-order valence-electron chi connectivity index (χ0n) is 9.81. The molecule has 0 amide bonds. The molecule has 88 valence electrons. The Labute approximate surface area is 97.7 Å². The normalized spacial score (nSPS) is 22.2. The summed E-state index contributed by atoms with van der Waals surface area (Å²) in [7, 11) is 0. The second kappa shape index (κ2) is 5.97. The largest absolute Gasteiger partial charge is 0.330 e. The first kappa shape index (κ1) is 11.6. The number of pyridine rings is 1. The molecule has 16 heavy (non-hydrogen) atoms. The summed E-state index contributed by atoms with van der Waals surface area (Å²) < 4.78 is 0. The molecule has 2 N–H and O–H groups in total. The van der Waals surface area contributed by atoms with Crippen LogP contribution >= 0.6 is 0 Å². The highest BCUT2D eigenvalue weighted by atomic mass is 15.2. The summed E-state index contributed by atoms with van der Waals surface area (Å²) in [6, 6.07) is 4.90. The first-order valence-corrected chi connectivity index (χ1v) is 6.23. The Kier molecular flexibility index (Phi) is 4.31. The van der Waals surface area contributed by atoms with Gasteiger partial charge in [0.15, 0.2) is 0 Å². The summed E-state index contributed by atoms with van der Waals surface area (Å²) in [5.74, 6) is 0. The molecule has 2 rings (SSSR count). The molecule has 1 atom stereocenters. The number of likely N-dealkylation sites (tertiary alicyclic amines) is 1.